The van der Waals surface area contributed by atoms with E-state index < -0.39 is 15.6 Å². The highest BCUT2D eigenvalue weighted by molar-refractivity contribution is 7.59. The van der Waals surface area contributed by atoms with Crippen LogP contribution in [0.15, 0.2) is 18.7 Å². The lowest BCUT2D eigenvalue weighted by molar-refractivity contribution is -0.671. The van der Waals surface area contributed by atoms with Gasteiger partial charge in [0.25, 0.3) is 7.82 Å². The molecule has 0 fully saturated rings. The maximum atomic E-state index is 9.59. The quantitative estimate of drug-likeness (QED) is 0.337. The van der Waals surface area contributed by atoms with Gasteiger partial charge in [0.05, 0.1) is 13.6 Å². The highest BCUT2D eigenvalue weighted by atomic mass is 31.3. The molecule has 1 rings (SSSR count). The van der Waals surface area contributed by atoms with Crippen LogP contribution in [-0.4, -0.2) is 19.2 Å². The van der Waals surface area contributed by atoms with E-state index in [2.05, 4.69) is 46.1 Å². The zero-order valence-corrected chi connectivity index (χ0v) is 15.2. The van der Waals surface area contributed by atoms with Crippen LogP contribution in [0, 0.1) is 0 Å². The van der Waals surface area contributed by atoms with Crippen LogP contribution in [0.5, 0.6) is 0 Å². The van der Waals surface area contributed by atoms with Crippen molar-refractivity contribution < 1.29 is 37.6 Å². The van der Waals surface area contributed by atoms with Gasteiger partial charge < -0.3 is 19.6 Å². The van der Waals surface area contributed by atoms with Crippen LogP contribution in [0.4, 0.5) is 0 Å². The molecule has 0 aliphatic rings. The minimum absolute atomic E-state index is 1.17. The van der Waals surface area contributed by atoms with Gasteiger partial charge in [0.1, 0.15) is 12.4 Å². The molecular weight excluding hydrogens is 346 g/mol. The molecule has 1 aromatic heterocycles. The molecule has 0 saturated heterocycles. The van der Waals surface area contributed by atoms with Crippen molar-refractivity contribution in [3.63, 3.8) is 0 Å². The second-order valence-electron chi connectivity index (χ2n) is 5.13. The molecule has 9 nitrogen and oxygen atoms in total. The van der Waals surface area contributed by atoms with Gasteiger partial charge in [0.15, 0.2) is 0 Å². The first-order valence-corrected chi connectivity index (χ1v) is 10.4. The van der Waals surface area contributed by atoms with Gasteiger partial charge in [-0.2, -0.15) is 0 Å². The summed E-state index contributed by atoms with van der Waals surface area (Å²) in [6.07, 6.45) is 14.6. The van der Waals surface area contributed by atoms with Gasteiger partial charge in [-0.1, -0.05) is 32.6 Å². The molecule has 0 radical (unpaired) electrons. The minimum atomic E-state index is -5.30. The molecule has 136 valence electrons. The second-order valence-corrected chi connectivity index (χ2v) is 7.70. The monoisotopic (exact) mass is 372 g/mol. The average molecular weight is 372 g/mol. The predicted molar refractivity (Wildman–Crippen MR) is 81.9 cm³/mol. The van der Waals surface area contributed by atoms with Crippen molar-refractivity contribution in [2.45, 2.75) is 52.0 Å². The third-order valence-corrected chi connectivity index (χ3v) is 4.48. The topological polar surface area (TPSA) is 136 Å². The van der Waals surface area contributed by atoms with Gasteiger partial charge in [-0.3, -0.25) is 4.57 Å². The number of unbranched alkanes of at least 4 members (excludes halogenated alkanes) is 5. The number of hydrogen-bond donors (Lipinski definition) is 3. The van der Waals surface area contributed by atoms with Gasteiger partial charge in [0.2, 0.25) is 6.33 Å². The minimum Gasteiger partial charge on any atom is -0.756 e. The normalized spacial score (nSPS) is 14.0. The molecule has 0 aliphatic heterocycles. The van der Waals surface area contributed by atoms with Gasteiger partial charge in [0, 0.05) is 0 Å². The molecule has 1 heterocycles. The summed E-state index contributed by atoms with van der Waals surface area (Å²) in [4.78, 5) is 32.6. The molecule has 23 heavy (non-hydrogen) atoms. The van der Waals surface area contributed by atoms with Crippen molar-refractivity contribution >= 4 is 15.6 Å². The Balaban J connectivity index is 0.000000468. The molecule has 11 heteroatoms. The van der Waals surface area contributed by atoms with E-state index in [1.165, 1.54) is 45.1 Å². The molecule has 0 amide bonds. The summed E-state index contributed by atoms with van der Waals surface area (Å²) < 4.78 is 26.3. The fourth-order valence-electron chi connectivity index (χ4n) is 1.84. The number of nitrogens with zero attached hydrogens (tertiary/aromatic N) is 2. The third-order valence-electron chi connectivity index (χ3n) is 2.80. The van der Waals surface area contributed by atoms with Gasteiger partial charge >= 0.3 is 7.82 Å². The first-order valence-electron chi connectivity index (χ1n) is 7.35. The summed E-state index contributed by atoms with van der Waals surface area (Å²) in [6.45, 7) is 3.44. The van der Waals surface area contributed by atoms with E-state index in [-0.39, 0.29) is 0 Å². The zero-order valence-electron chi connectivity index (χ0n) is 13.4. The molecule has 0 bridgehead atoms. The molecule has 0 spiro atoms. The van der Waals surface area contributed by atoms with Crippen molar-refractivity contribution in [2.75, 3.05) is 0 Å². The van der Waals surface area contributed by atoms with Gasteiger partial charge in [-0.15, -0.1) is 0 Å². The molecule has 1 aromatic rings. The average Bonchev–Trinajstić information content (AvgIpc) is 2.76. The smallest absolute Gasteiger partial charge is 0.476 e. The number of imidazole rings is 1. The maximum Gasteiger partial charge on any atom is 0.476 e. The predicted octanol–water partition coefficient (Wildman–Crippen LogP) is 1.23. The Morgan fingerprint density at radius 1 is 1.13 bits per heavy atom. The fraction of sp³-hybridized carbons (Fsp3) is 0.750. The van der Waals surface area contributed by atoms with Gasteiger partial charge in [-0.05, 0) is 12.8 Å². The summed E-state index contributed by atoms with van der Waals surface area (Å²) >= 11 is 0. The first kappa shape index (κ1) is 22.5. The molecule has 0 saturated carbocycles. The Bertz CT molecular complexity index is 503. The lowest BCUT2D eigenvalue weighted by Gasteiger charge is -2.14. The van der Waals surface area contributed by atoms with Crippen molar-refractivity contribution in [1.29, 1.82) is 0 Å². The summed E-state index contributed by atoms with van der Waals surface area (Å²) in [5, 5.41) is 0. The third kappa shape index (κ3) is 16.1. The Morgan fingerprint density at radius 2 is 1.70 bits per heavy atom. The van der Waals surface area contributed by atoms with Crippen LogP contribution in [0.2, 0.25) is 0 Å². The van der Waals surface area contributed by atoms with Crippen molar-refractivity contribution in [3.8, 4) is 0 Å². The lowest BCUT2D eigenvalue weighted by Crippen LogP contribution is -2.23. The van der Waals surface area contributed by atoms with E-state index in [1.54, 1.807) is 0 Å². The highest BCUT2D eigenvalue weighted by Gasteiger charge is 2.20. The van der Waals surface area contributed by atoms with Crippen LogP contribution in [0.1, 0.15) is 45.4 Å². The van der Waals surface area contributed by atoms with E-state index >= 15 is 0 Å². The van der Waals surface area contributed by atoms with E-state index in [4.69, 9.17) is 14.7 Å². The van der Waals surface area contributed by atoms with E-state index in [9.17, 15) is 14.0 Å². The Labute approximate surface area is 136 Å². The van der Waals surface area contributed by atoms with Crippen molar-refractivity contribution in [1.82, 2.24) is 4.57 Å². The highest BCUT2D eigenvalue weighted by Crippen LogP contribution is 2.51. The summed E-state index contributed by atoms with van der Waals surface area (Å²) in [6, 6.07) is 0. The van der Waals surface area contributed by atoms with Crippen LogP contribution < -0.4 is 9.46 Å². The Kier molecular flexibility index (Phi) is 10.8. The largest absolute Gasteiger partial charge is 0.756 e. The molecule has 1 unspecified atom stereocenters. The van der Waals surface area contributed by atoms with Crippen LogP contribution in [0.3, 0.4) is 0 Å². The number of phosphoric acid groups is 2. The van der Waals surface area contributed by atoms with Crippen molar-refractivity contribution in [3.05, 3.63) is 18.7 Å². The summed E-state index contributed by atoms with van der Waals surface area (Å²) in [5.41, 5.74) is 0. The molecule has 0 aromatic carbocycles. The number of rotatable bonds is 9. The Morgan fingerprint density at radius 3 is 2.09 bits per heavy atom. The Hall–Kier alpha value is -0.530. The SMILES string of the molecule is CCCCCCCCn1cc[n+](C)c1.O=P([O-])(O)OP(=O)(O)O. The maximum absolute atomic E-state index is 9.59. The number of aromatic nitrogens is 2. The van der Waals surface area contributed by atoms with Crippen molar-refractivity contribution in [2.24, 2.45) is 7.05 Å². The zero-order chi connectivity index (χ0) is 17.9. The molecule has 0 aliphatic carbocycles. The second kappa shape index (κ2) is 11.1. The summed E-state index contributed by atoms with van der Waals surface area (Å²) in [5.74, 6) is 0. The molecule has 1 atom stereocenters. The summed E-state index contributed by atoms with van der Waals surface area (Å²) in [7, 11) is -8.35. The molecular formula is C12H26N2O7P2. The fourth-order valence-corrected chi connectivity index (χ4v) is 2.92. The first-order chi connectivity index (χ1) is 10.5. The van der Waals surface area contributed by atoms with E-state index in [0.717, 1.165) is 0 Å². The van der Waals surface area contributed by atoms with Crippen LogP contribution in [0.25, 0.3) is 0 Å². The number of aryl methyl sites for hydroxylation is 2. The molecule has 3 N–H and O–H groups in total. The van der Waals surface area contributed by atoms with E-state index in [0.29, 0.717) is 0 Å². The number of hydrogen-bond acceptors (Lipinski definition) is 4. The van der Waals surface area contributed by atoms with Crippen LogP contribution in [-0.2, 0) is 27.0 Å². The van der Waals surface area contributed by atoms with Crippen LogP contribution >= 0.6 is 15.6 Å². The standard InChI is InChI=1S/C12H23N2.H4O7P2/c1-3-4-5-6-7-8-9-14-11-10-13(2)12-14;1-8(2,3)7-9(4,5)6/h10-12H,3-9H2,1-2H3;(H2,1,2,3)(H2,4,5,6)/q+1;/p-1. The van der Waals surface area contributed by atoms with Gasteiger partial charge in [-0.25, -0.2) is 18.0 Å². The lowest BCUT2D eigenvalue weighted by atomic mass is 10.1. The van der Waals surface area contributed by atoms with E-state index in [1.807, 2.05) is 0 Å².